The zero-order chi connectivity index (χ0) is 13.1. The quantitative estimate of drug-likeness (QED) is 0.805. The molecule has 4 heteroatoms. The SMILES string of the molecule is CC1CCCC(CNc2c(F)cc(N)cc2F)C1. The van der Waals surface area contributed by atoms with E-state index in [-0.39, 0.29) is 11.4 Å². The molecule has 2 unspecified atom stereocenters. The molecule has 0 saturated heterocycles. The Hall–Kier alpha value is -1.32. The van der Waals surface area contributed by atoms with Crippen LogP contribution in [0.4, 0.5) is 20.2 Å². The summed E-state index contributed by atoms with van der Waals surface area (Å²) in [5.41, 5.74) is 5.44. The summed E-state index contributed by atoms with van der Waals surface area (Å²) in [6, 6.07) is 2.30. The summed E-state index contributed by atoms with van der Waals surface area (Å²) in [5.74, 6) is -0.00974. The molecular formula is C14H20F2N2. The number of benzene rings is 1. The van der Waals surface area contributed by atoms with E-state index in [0.29, 0.717) is 18.4 Å². The Bertz CT molecular complexity index is 397. The lowest BCUT2D eigenvalue weighted by atomic mass is 9.82. The third-order valence-corrected chi connectivity index (χ3v) is 3.68. The molecule has 3 N–H and O–H groups in total. The number of halogens is 2. The number of nitrogens with two attached hydrogens (primary N) is 1. The van der Waals surface area contributed by atoms with Crippen molar-refractivity contribution < 1.29 is 8.78 Å². The first kappa shape index (κ1) is 13.1. The van der Waals surface area contributed by atoms with Crippen molar-refractivity contribution in [2.75, 3.05) is 17.6 Å². The monoisotopic (exact) mass is 254 g/mol. The zero-order valence-corrected chi connectivity index (χ0v) is 10.7. The summed E-state index contributed by atoms with van der Waals surface area (Å²) in [7, 11) is 0. The molecule has 2 atom stereocenters. The summed E-state index contributed by atoms with van der Waals surface area (Å²) in [4.78, 5) is 0. The van der Waals surface area contributed by atoms with Gasteiger partial charge in [0.1, 0.15) is 5.69 Å². The molecule has 0 spiro atoms. The minimum atomic E-state index is -0.614. The second-order valence-electron chi connectivity index (χ2n) is 5.38. The fraction of sp³-hybridized carbons (Fsp3) is 0.571. The van der Waals surface area contributed by atoms with Crippen LogP contribution in [0.3, 0.4) is 0 Å². The third-order valence-electron chi connectivity index (χ3n) is 3.68. The molecule has 1 aliphatic carbocycles. The number of anilines is 2. The van der Waals surface area contributed by atoms with Crippen molar-refractivity contribution >= 4 is 11.4 Å². The molecule has 18 heavy (non-hydrogen) atoms. The van der Waals surface area contributed by atoms with E-state index in [4.69, 9.17) is 5.73 Å². The molecule has 0 heterocycles. The Labute approximate surface area is 107 Å². The van der Waals surface area contributed by atoms with Crippen LogP contribution in [0, 0.1) is 23.5 Å². The van der Waals surface area contributed by atoms with Crippen molar-refractivity contribution in [2.45, 2.75) is 32.6 Å². The third kappa shape index (κ3) is 3.12. The Kier molecular flexibility index (Phi) is 4.04. The van der Waals surface area contributed by atoms with Crippen LogP contribution >= 0.6 is 0 Å². The average molecular weight is 254 g/mol. The van der Waals surface area contributed by atoms with Crippen LogP contribution < -0.4 is 11.1 Å². The van der Waals surface area contributed by atoms with E-state index in [0.717, 1.165) is 25.0 Å². The van der Waals surface area contributed by atoms with Crippen LogP contribution in [0.1, 0.15) is 32.6 Å². The van der Waals surface area contributed by atoms with Crippen molar-refractivity contribution in [3.8, 4) is 0 Å². The minimum absolute atomic E-state index is 0.0533. The van der Waals surface area contributed by atoms with Crippen LogP contribution in [-0.2, 0) is 0 Å². The van der Waals surface area contributed by atoms with Crippen molar-refractivity contribution in [1.82, 2.24) is 0 Å². The maximum Gasteiger partial charge on any atom is 0.151 e. The van der Waals surface area contributed by atoms with Crippen LogP contribution in [0.2, 0.25) is 0 Å². The van der Waals surface area contributed by atoms with Gasteiger partial charge < -0.3 is 11.1 Å². The first-order valence-corrected chi connectivity index (χ1v) is 6.54. The molecule has 2 rings (SSSR count). The summed E-state index contributed by atoms with van der Waals surface area (Å²) < 4.78 is 27.1. The number of hydrogen-bond acceptors (Lipinski definition) is 2. The molecule has 0 amide bonds. The van der Waals surface area contributed by atoms with Gasteiger partial charge in [0.05, 0.1) is 0 Å². The molecule has 1 aromatic rings. The van der Waals surface area contributed by atoms with Gasteiger partial charge in [0.2, 0.25) is 0 Å². The van der Waals surface area contributed by atoms with E-state index >= 15 is 0 Å². The van der Waals surface area contributed by atoms with Crippen LogP contribution in [0.5, 0.6) is 0 Å². The highest BCUT2D eigenvalue weighted by molar-refractivity contribution is 5.54. The van der Waals surface area contributed by atoms with Crippen molar-refractivity contribution in [3.63, 3.8) is 0 Å². The molecule has 1 saturated carbocycles. The molecular weight excluding hydrogens is 234 g/mol. The summed E-state index contributed by atoms with van der Waals surface area (Å²) in [6.45, 7) is 2.86. The van der Waals surface area contributed by atoms with E-state index in [1.54, 1.807) is 0 Å². The summed E-state index contributed by atoms with van der Waals surface area (Å²) >= 11 is 0. The van der Waals surface area contributed by atoms with Crippen molar-refractivity contribution in [2.24, 2.45) is 11.8 Å². The normalized spacial score (nSPS) is 23.9. The molecule has 0 aliphatic heterocycles. The van der Waals surface area contributed by atoms with Crippen LogP contribution in [0.15, 0.2) is 12.1 Å². The average Bonchev–Trinajstić information content (AvgIpc) is 2.27. The van der Waals surface area contributed by atoms with Gasteiger partial charge in [-0.05, 0) is 36.8 Å². The molecule has 1 aromatic carbocycles. The smallest absolute Gasteiger partial charge is 0.151 e. The van der Waals surface area contributed by atoms with E-state index in [1.807, 2.05) is 0 Å². The first-order chi connectivity index (χ1) is 8.56. The second kappa shape index (κ2) is 5.55. The number of nitrogen functional groups attached to an aromatic ring is 1. The van der Waals surface area contributed by atoms with Gasteiger partial charge in [-0.2, -0.15) is 0 Å². The standard InChI is InChI=1S/C14H20F2N2/c1-9-3-2-4-10(5-9)8-18-14-12(15)6-11(17)7-13(14)16/h6-7,9-10,18H,2-5,8,17H2,1H3. The number of nitrogens with one attached hydrogen (secondary N) is 1. The van der Waals surface area contributed by atoms with E-state index in [9.17, 15) is 8.78 Å². The second-order valence-corrected chi connectivity index (χ2v) is 5.38. The van der Waals surface area contributed by atoms with E-state index < -0.39 is 11.6 Å². The van der Waals surface area contributed by atoms with Gasteiger partial charge in [0.25, 0.3) is 0 Å². The van der Waals surface area contributed by atoms with Gasteiger partial charge in [-0.1, -0.05) is 19.8 Å². The molecule has 0 bridgehead atoms. The first-order valence-electron chi connectivity index (χ1n) is 6.54. The summed E-state index contributed by atoms with van der Waals surface area (Å²) in [5, 5.41) is 2.89. The molecule has 0 aromatic heterocycles. The maximum absolute atomic E-state index is 13.6. The Balaban J connectivity index is 1.97. The number of hydrogen-bond donors (Lipinski definition) is 2. The fourth-order valence-electron chi connectivity index (χ4n) is 2.75. The predicted octanol–water partition coefficient (Wildman–Crippen LogP) is 3.79. The van der Waals surface area contributed by atoms with Crippen molar-refractivity contribution in [1.29, 1.82) is 0 Å². The largest absolute Gasteiger partial charge is 0.399 e. The lowest BCUT2D eigenvalue weighted by Gasteiger charge is -2.27. The number of rotatable bonds is 3. The van der Waals surface area contributed by atoms with Gasteiger partial charge in [0, 0.05) is 12.2 Å². The molecule has 1 fully saturated rings. The summed E-state index contributed by atoms with van der Waals surface area (Å²) in [6.07, 6.45) is 4.74. The van der Waals surface area contributed by atoms with Crippen molar-refractivity contribution in [3.05, 3.63) is 23.8 Å². The van der Waals surface area contributed by atoms with Gasteiger partial charge >= 0.3 is 0 Å². The van der Waals surface area contributed by atoms with Gasteiger partial charge in [0.15, 0.2) is 11.6 Å². The molecule has 1 aliphatic rings. The lowest BCUT2D eigenvalue weighted by molar-refractivity contribution is 0.293. The zero-order valence-electron chi connectivity index (χ0n) is 10.7. The Morgan fingerprint density at radius 2 is 1.94 bits per heavy atom. The van der Waals surface area contributed by atoms with E-state index in [2.05, 4.69) is 12.2 Å². The Morgan fingerprint density at radius 3 is 2.56 bits per heavy atom. The molecule has 0 radical (unpaired) electrons. The molecule has 100 valence electrons. The maximum atomic E-state index is 13.6. The topological polar surface area (TPSA) is 38.0 Å². The van der Waals surface area contributed by atoms with E-state index in [1.165, 1.54) is 12.8 Å². The molecule has 2 nitrogen and oxygen atoms in total. The highest BCUT2D eigenvalue weighted by Crippen LogP contribution is 2.29. The highest BCUT2D eigenvalue weighted by atomic mass is 19.1. The van der Waals surface area contributed by atoms with Gasteiger partial charge in [-0.3, -0.25) is 0 Å². The fourth-order valence-corrected chi connectivity index (χ4v) is 2.75. The highest BCUT2D eigenvalue weighted by Gasteiger charge is 2.19. The minimum Gasteiger partial charge on any atom is -0.399 e. The predicted molar refractivity (Wildman–Crippen MR) is 70.4 cm³/mol. The van der Waals surface area contributed by atoms with Crippen LogP contribution in [-0.4, -0.2) is 6.54 Å². The van der Waals surface area contributed by atoms with Crippen LogP contribution in [0.25, 0.3) is 0 Å². The Morgan fingerprint density at radius 1 is 1.28 bits per heavy atom. The van der Waals surface area contributed by atoms with Gasteiger partial charge in [-0.25, -0.2) is 8.78 Å². The lowest BCUT2D eigenvalue weighted by Crippen LogP contribution is -2.21. The van der Waals surface area contributed by atoms with Gasteiger partial charge in [-0.15, -0.1) is 0 Å².